The molecule has 0 aliphatic carbocycles. The van der Waals surface area contributed by atoms with E-state index in [1.54, 1.807) is 26.0 Å². The van der Waals surface area contributed by atoms with Crippen LogP contribution in [-0.2, 0) is 26.2 Å². The summed E-state index contributed by atoms with van der Waals surface area (Å²) in [5, 5.41) is 2.72. The number of carbonyl (C=O) groups excluding carboxylic acids is 3. The zero-order valence-electron chi connectivity index (χ0n) is 18.4. The summed E-state index contributed by atoms with van der Waals surface area (Å²) in [6.45, 7) is 5.68. The lowest BCUT2D eigenvalue weighted by Gasteiger charge is -2.29. The fraction of sp³-hybridized carbons (Fsp3) is 0.348. The Morgan fingerprint density at radius 3 is 2.41 bits per heavy atom. The molecule has 1 N–H and O–H groups in total. The Bertz CT molecular complexity index is 1150. The first-order chi connectivity index (χ1) is 15.2. The van der Waals surface area contributed by atoms with E-state index in [0.717, 1.165) is 15.4 Å². The van der Waals surface area contributed by atoms with E-state index in [2.05, 4.69) is 5.32 Å². The van der Waals surface area contributed by atoms with Crippen LogP contribution in [0.25, 0.3) is 0 Å². The highest BCUT2D eigenvalue weighted by Crippen LogP contribution is 2.30. The lowest BCUT2D eigenvalue weighted by Crippen LogP contribution is -2.48. The number of rotatable bonds is 8. The quantitative estimate of drug-likeness (QED) is 0.654. The summed E-state index contributed by atoms with van der Waals surface area (Å²) >= 11 is 0. The van der Waals surface area contributed by atoms with E-state index in [-0.39, 0.29) is 35.9 Å². The molecule has 170 valence electrons. The molecule has 1 aliphatic heterocycles. The fourth-order valence-corrected chi connectivity index (χ4v) is 5.24. The van der Waals surface area contributed by atoms with E-state index in [1.807, 2.05) is 31.2 Å². The van der Waals surface area contributed by atoms with E-state index in [1.165, 1.54) is 17.0 Å². The summed E-state index contributed by atoms with van der Waals surface area (Å²) < 4.78 is 26.2. The van der Waals surface area contributed by atoms with Crippen LogP contribution < -0.4 is 5.32 Å². The van der Waals surface area contributed by atoms with Gasteiger partial charge in [0.1, 0.15) is 10.9 Å². The molecule has 1 aliphatic rings. The minimum Gasteiger partial charge on any atom is -0.355 e. The zero-order chi connectivity index (χ0) is 23.5. The third kappa shape index (κ3) is 4.52. The molecule has 0 unspecified atom stereocenters. The molecule has 8 nitrogen and oxygen atoms in total. The molecule has 0 spiro atoms. The third-order valence-electron chi connectivity index (χ3n) is 5.56. The van der Waals surface area contributed by atoms with Gasteiger partial charge in [-0.25, -0.2) is 12.7 Å². The average molecular weight is 458 g/mol. The Morgan fingerprint density at radius 1 is 1.09 bits per heavy atom. The number of likely N-dealkylation sites (N-methyl/N-ethyl adjacent to an activating group) is 1. The summed E-state index contributed by atoms with van der Waals surface area (Å²) in [6.07, 6.45) is -0.228. The highest BCUT2D eigenvalue weighted by Gasteiger charge is 2.41. The maximum atomic E-state index is 13.2. The number of aryl methyl sites for hydroxylation is 1. The fourth-order valence-electron chi connectivity index (χ4n) is 3.67. The second-order valence-electron chi connectivity index (χ2n) is 7.65. The van der Waals surface area contributed by atoms with Gasteiger partial charge in [-0.1, -0.05) is 36.4 Å². The van der Waals surface area contributed by atoms with E-state index < -0.39 is 27.9 Å². The Labute approximate surface area is 188 Å². The first kappa shape index (κ1) is 23.5. The van der Waals surface area contributed by atoms with Crippen LogP contribution in [0.15, 0.2) is 53.4 Å². The molecule has 1 heterocycles. The number of hydrogen-bond acceptors (Lipinski definition) is 5. The van der Waals surface area contributed by atoms with E-state index in [9.17, 15) is 22.8 Å². The molecule has 2 aromatic rings. The van der Waals surface area contributed by atoms with Gasteiger partial charge in [0.15, 0.2) is 0 Å². The summed E-state index contributed by atoms with van der Waals surface area (Å²) in [5.41, 5.74) is 1.96. The van der Waals surface area contributed by atoms with Gasteiger partial charge in [-0.05, 0) is 44.0 Å². The van der Waals surface area contributed by atoms with Crippen molar-refractivity contribution in [2.24, 2.45) is 0 Å². The van der Waals surface area contributed by atoms with Crippen LogP contribution in [0.5, 0.6) is 0 Å². The number of hydrogen-bond donors (Lipinski definition) is 1. The summed E-state index contributed by atoms with van der Waals surface area (Å²) in [4.78, 5) is 39.6. The number of sulfonamides is 1. The van der Waals surface area contributed by atoms with Gasteiger partial charge < -0.3 is 10.2 Å². The molecule has 3 rings (SSSR count). The van der Waals surface area contributed by atoms with Crippen molar-refractivity contribution >= 4 is 27.7 Å². The predicted octanol–water partition coefficient (Wildman–Crippen LogP) is 2.08. The molecule has 32 heavy (non-hydrogen) atoms. The normalized spacial score (nSPS) is 15.2. The van der Waals surface area contributed by atoms with Crippen molar-refractivity contribution < 1.29 is 22.8 Å². The Kier molecular flexibility index (Phi) is 6.98. The van der Waals surface area contributed by atoms with Crippen molar-refractivity contribution in [3.63, 3.8) is 0 Å². The molecule has 0 bridgehead atoms. The first-order valence-corrected chi connectivity index (χ1v) is 11.9. The van der Waals surface area contributed by atoms with Crippen LogP contribution >= 0.6 is 0 Å². The minimum absolute atomic E-state index is 0.0510. The topological polar surface area (TPSA) is 104 Å². The second kappa shape index (κ2) is 9.52. The van der Waals surface area contributed by atoms with Crippen molar-refractivity contribution in [3.8, 4) is 0 Å². The molecule has 2 aromatic carbocycles. The van der Waals surface area contributed by atoms with Crippen LogP contribution in [-0.4, -0.2) is 54.5 Å². The van der Waals surface area contributed by atoms with Gasteiger partial charge in [0.05, 0.1) is 5.56 Å². The summed E-state index contributed by atoms with van der Waals surface area (Å²) in [7, 11) is -3.99. The molecule has 0 fully saturated rings. The molecule has 0 radical (unpaired) electrons. The zero-order valence-corrected chi connectivity index (χ0v) is 19.2. The van der Waals surface area contributed by atoms with Crippen molar-refractivity contribution in [2.45, 2.75) is 44.7 Å². The maximum Gasteiger partial charge on any atom is 0.269 e. The smallest absolute Gasteiger partial charge is 0.269 e. The first-order valence-electron chi connectivity index (χ1n) is 10.5. The van der Waals surface area contributed by atoms with E-state index in [4.69, 9.17) is 0 Å². The number of nitrogens with zero attached hydrogens (tertiary/aromatic N) is 2. The van der Waals surface area contributed by atoms with Crippen molar-refractivity contribution in [2.75, 3.05) is 13.1 Å². The Hall–Kier alpha value is -3.20. The van der Waals surface area contributed by atoms with Crippen LogP contribution in [0.1, 0.15) is 41.8 Å². The lowest BCUT2D eigenvalue weighted by atomic mass is 10.1. The summed E-state index contributed by atoms with van der Waals surface area (Å²) in [5.74, 6) is -1.35. The van der Waals surface area contributed by atoms with Crippen molar-refractivity contribution in [3.05, 3.63) is 65.2 Å². The number of nitrogens with one attached hydrogen (secondary N) is 1. The minimum atomic E-state index is -3.99. The Balaban J connectivity index is 1.80. The Morgan fingerprint density at radius 2 is 1.75 bits per heavy atom. The lowest BCUT2D eigenvalue weighted by molar-refractivity contribution is -0.140. The molecule has 0 saturated heterocycles. The van der Waals surface area contributed by atoms with Gasteiger partial charge in [0.2, 0.25) is 11.8 Å². The van der Waals surface area contributed by atoms with Crippen LogP contribution in [0.4, 0.5) is 0 Å². The van der Waals surface area contributed by atoms with E-state index >= 15 is 0 Å². The molecule has 9 heteroatoms. The largest absolute Gasteiger partial charge is 0.355 e. The molecule has 0 aromatic heterocycles. The molecule has 1 atom stereocenters. The predicted molar refractivity (Wildman–Crippen MR) is 119 cm³/mol. The highest BCUT2D eigenvalue weighted by atomic mass is 32.2. The number of amides is 3. The molecular formula is C23H27N3O5S. The molecule has 3 amide bonds. The van der Waals surface area contributed by atoms with Gasteiger partial charge in [-0.2, -0.15) is 0 Å². The van der Waals surface area contributed by atoms with Crippen LogP contribution in [0.3, 0.4) is 0 Å². The molecule has 0 saturated carbocycles. The van der Waals surface area contributed by atoms with E-state index in [0.29, 0.717) is 6.54 Å². The van der Waals surface area contributed by atoms with Gasteiger partial charge in [0, 0.05) is 26.1 Å². The van der Waals surface area contributed by atoms with Gasteiger partial charge in [-0.15, -0.1) is 0 Å². The number of benzene rings is 2. The maximum absolute atomic E-state index is 13.2. The van der Waals surface area contributed by atoms with Crippen LogP contribution in [0.2, 0.25) is 0 Å². The van der Waals surface area contributed by atoms with Gasteiger partial charge in [-0.3, -0.25) is 14.4 Å². The standard InChI is InChI=1S/C23H27N3O5S/c1-4-24-22(28)17(3)25(15-18-10-6-5-9-16(18)2)21(27)13-14-26-23(29)19-11-7-8-12-20(19)32(26,30)31/h5-12,17H,4,13-15H2,1-3H3,(H,24,28)/t17-/m0/s1. The average Bonchev–Trinajstić information content (AvgIpc) is 2.96. The van der Waals surface area contributed by atoms with Crippen LogP contribution in [0, 0.1) is 6.92 Å². The summed E-state index contributed by atoms with van der Waals surface area (Å²) in [6, 6.07) is 12.8. The monoisotopic (exact) mass is 457 g/mol. The number of carbonyl (C=O) groups is 3. The van der Waals surface area contributed by atoms with Crippen molar-refractivity contribution in [1.82, 2.24) is 14.5 Å². The molecular weight excluding hydrogens is 430 g/mol. The van der Waals surface area contributed by atoms with Gasteiger partial charge >= 0.3 is 0 Å². The third-order valence-corrected chi connectivity index (χ3v) is 7.40. The second-order valence-corrected chi connectivity index (χ2v) is 9.48. The SMILES string of the molecule is CCNC(=O)[C@H](C)N(Cc1ccccc1C)C(=O)CCN1C(=O)c2ccccc2S1(=O)=O. The number of fused-ring (bicyclic) bond motifs is 1. The van der Waals surface area contributed by atoms with Crippen molar-refractivity contribution in [1.29, 1.82) is 0 Å². The highest BCUT2D eigenvalue weighted by molar-refractivity contribution is 7.90. The van der Waals surface area contributed by atoms with Gasteiger partial charge in [0.25, 0.3) is 15.9 Å².